The van der Waals surface area contributed by atoms with E-state index >= 15 is 0 Å². The molecular formula is C23H21N3OS2. The van der Waals surface area contributed by atoms with E-state index in [4.69, 9.17) is 5.26 Å². The maximum absolute atomic E-state index is 12.5. The van der Waals surface area contributed by atoms with Gasteiger partial charge in [-0.25, -0.2) is 0 Å². The molecule has 29 heavy (non-hydrogen) atoms. The van der Waals surface area contributed by atoms with E-state index < -0.39 is 0 Å². The van der Waals surface area contributed by atoms with Crippen LogP contribution in [0.1, 0.15) is 22.1 Å². The highest BCUT2D eigenvalue weighted by molar-refractivity contribution is 8.19. The highest BCUT2D eigenvalue weighted by atomic mass is 32.2. The van der Waals surface area contributed by atoms with Gasteiger partial charge in [-0.05, 0) is 29.8 Å². The number of hydrogen-bond donors (Lipinski definition) is 1. The van der Waals surface area contributed by atoms with E-state index in [0.717, 1.165) is 22.2 Å². The third kappa shape index (κ3) is 4.69. The molecule has 1 fully saturated rings. The Morgan fingerprint density at radius 2 is 2.03 bits per heavy atom. The second-order valence-corrected chi connectivity index (χ2v) is 9.45. The quantitative estimate of drug-likeness (QED) is 0.522. The van der Waals surface area contributed by atoms with Crippen molar-refractivity contribution >= 4 is 52.1 Å². The van der Waals surface area contributed by atoms with Crippen LogP contribution in [0.25, 0.3) is 17.0 Å². The van der Waals surface area contributed by atoms with Gasteiger partial charge in [0.15, 0.2) is 0 Å². The van der Waals surface area contributed by atoms with Gasteiger partial charge in [0, 0.05) is 52.5 Å². The number of hydrogen-bond acceptors (Lipinski definition) is 4. The molecule has 4 nitrogen and oxygen atoms in total. The number of benzene rings is 2. The molecule has 3 aromatic rings. The molecule has 0 bridgehead atoms. The van der Waals surface area contributed by atoms with Crippen molar-refractivity contribution in [1.29, 1.82) is 5.26 Å². The first kappa shape index (κ1) is 19.7. The second-order valence-electron chi connectivity index (χ2n) is 6.72. The number of thioether (sulfide) groups is 2. The summed E-state index contributed by atoms with van der Waals surface area (Å²) in [4.78, 5) is 12.5. The van der Waals surface area contributed by atoms with Crippen LogP contribution in [0.5, 0.6) is 0 Å². The van der Waals surface area contributed by atoms with E-state index in [9.17, 15) is 4.79 Å². The fraction of sp³-hybridized carbons (Fsp3) is 0.217. The zero-order valence-electron chi connectivity index (χ0n) is 15.9. The van der Waals surface area contributed by atoms with Crippen LogP contribution in [0, 0.1) is 11.3 Å². The van der Waals surface area contributed by atoms with Gasteiger partial charge in [0.1, 0.15) is 0 Å². The Bertz CT molecular complexity index is 1090. The van der Waals surface area contributed by atoms with Crippen molar-refractivity contribution in [2.45, 2.75) is 17.5 Å². The number of nitrogens with zero attached hydrogens (tertiary/aromatic N) is 2. The number of anilines is 1. The van der Waals surface area contributed by atoms with E-state index in [0.29, 0.717) is 17.5 Å². The van der Waals surface area contributed by atoms with E-state index in [1.165, 1.54) is 17.1 Å². The molecule has 1 saturated heterocycles. The minimum absolute atomic E-state index is 0.150. The van der Waals surface area contributed by atoms with Gasteiger partial charge in [0.25, 0.3) is 0 Å². The molecule has 1 aromatic heterocycles. The summed E-state index contributed by atoms with van der Waals surface area (Å²) in [7, 11) is 0. The van der Waals surface area contributed by atoms with Gasteiger partial charge in [0.2, 0.25) is 5.91 Å². The topological polar surface area (TPSA) is 57.8 Å². The number of fused-ring (bicyclic) bond motifs is 1. The predicted molar refractivity (Wildman–Crippen MR) is 124 cm³/mol. The first-order chi connectivity index (χ1) is 14.2. The average Bonchev–Trinajstić information content (AvgIpc) is 3.40. The Kier molecular flexibility index (Phi) is 6.28. The molecule has 0 atom stereocenters. The molecule has 2 heterocycles. The maximum Gasteiger partial charge on any atom is 0.248 e. The number of carbonyl (C=O) groups excluding carboxylic acids is 1. The molecule has 1 amide bonds. The van der Waals surface area contributed by atoms with Gasteiger partial charge in [0.05, 0.1) is 17.1 Å². The lowest BCUT2D eigenvalue weighted by atomic mass is 10.1. The normalized spacial score (nSPS) is 14.4. The SMILES string of the molecule is N#CCCn1cc(/C=C/C(=O)Nc2cccc(C3SCCS3)c2)c2ccccc21. The van der Waals surface area contributed by atoms with Crippen molar-refractivity contribution in [1.82, 2.24) is 4.57 Å². The lowest BCUT2D eigenvalue weighted by Crippen LogP contribution is -2.07. The van der Waals surface area contributed by atoms with Gasteiger partial charge in [-0.15, -0.1) is 23.5 Å². The van der Waals surface area contributed by atoms with Gasteiger partial charge in [-0.2, -0.15) is 5.26 Å². The van der Waals surface area contributed by atoms with Crippen LogP contribution in [0.2, 0.25) is 0 Å². The van der Waals surface area contributed by atoms with Crippen molar-refractivity contribution in [3.63, 3.8) is 0 Å². The predicted octanol–water partition coefficient (Wildman–Crippen LogP) is 5.69. The molecule has 6 heteroatoms. The first-order valence-electron chi connectivity index (χ1n) is 9.51. The molecule has 146 valence electrons. The van der Waals surface area contributed by atoms with Crippen molar-refractivity contribution in [2.75, 3.05) is 16.8 Å². The molecule has 0 spiro atoms. The third-order valence-corrected chi connectivity index (χ3v) is 7.85. The molecule has 1 aliphatic rings. The third-order valence-electron chi connectivity index (χ3n) is 4.75. The maximum atomic E-state index is 12.5. The fourth-order valence-electron chi connectivity index (χ4n) is 3.43. The molecule has 2 aromatic carbocycles. The number of para-hydroxylation sites is 1. The Balaban J connectivity index is 1.49. The molecule has 4 rings (SSSR count). The molecule has 1 aliphatic heterocycles. The Morgan fingerprint density at radius 1 is 1.21 bits per heavy atom. The van der Waals surface area contributed by atoms with Crippen molar-refractivity contribution in [2.24, 2.45) is 0 Å². The highest BCUT2D eigenvalue weighted by Crippen LogP contribution is 2.45. The van der Waals surface area contributed by atoms with E-state index in [1.807, 2.05) is 72.2 Å². The number of nitriles is 1. The minimum Gasteiger partial charge on any atom is -0.346 e. The zero-order valence-corrected chi connectivity index (χ0v) is 17.5. The summed E-state index contributed by atoms with van der Waals surface area (Å²) in [6.07, 6.45) is 5.87. The number of aromatic nitrogens is 1. The van der Waals surface area contributed by atoms with Crippen LogP contribution < -0.4 is 5.32 Å². The number of rotatable bonds is 6. The van der Waals surface area contributed by atoms with Crippen molar-refractivity contribution in [3.05, 3.63) is 71.9 Å². The summed E-state index contributed by atoms with van der Waals surface area (Å²) < 4.78 is 2.53. The Labute approximate surface area is 179 Å². The van der Waals surface area contributed by atoms with Gasteiger partial charge in [-0.1, -0.05) is 30.3 Å². The van der Waals surface area contributed by atoms with E-state index in [-0.39, 0.29) is 5.91 Å². The van der Waals surface area contributed by atoms with Crippen LogP contribution in [0.3, 0.4) is 0 Å². The Hall–Kier alpha value is -2.62. The molecular weight excluding hydrogens is 398 g/mol. The zero-order chi connectivity index (χ0) is 20.1. The summed E-state index contributed by atoms with van der Waals surface area (Å²) in [5.41, 5.74) is 4.12. The first-order valence-corrected chi connectivity index (χ1v) is 11.6. The van der Waals surface area contributed by atoms with Crippen LogP contribution >= 0.6 is 23.5 Å². The van der Waals surface area contributed by atoms with Crippen LogP contribution in [-0.4, -0.2) is 22.0 Å². The fourth-order valence-corrected chi connectivity index (χ4v) is 6.27. The molecule has 0 radical (unpaired) electrons. The van der Waals surface area contributed by atoms with Gasteiger partial charge < -0.3 is 9.88 Å². The smallest absolute Gasteiger partial charge is 0.248 e. The van der Waals surface area contributed by atoms with E-state index in [2.05, 4.69) is 28.1 Å². The number of aryl methyl sites for hydroxylation is 1. The molecule has 1 N–H and O–H groups in total. The summed E-state index contributed by atoms with van der Waals surface area (Å²) in [6.45, 7) is 0.640. The summed E-state index contributed by atoms with van der Waals surface area (Å²) >= 11 is 3.91. The lowest BCUT2D eigenvalue weighted by Gasteiger charge is -2.10. The largest absolute Gasteiger partial charge is 0.346 e. The standard InChI is InChI=1S/C23H21N3OS2/c24-11-4-12-26-16-18(20-7-1-2-8-21(20)26)9-10-22(27)25-19-6-3-5-17(15-19)23-28-13-14-29-23/h1-3,5-10,15-16,23H,4,12-14H2,(H,25,27)/b10-9+. The number of carbonyl (C=O) groups is 1. The number of amides is 1. The van der Waals surface area contributed by atoms with Crippen LogP contribution in [0.15, 0.2) is 60.8 Å². The van der Waals surface area contributed by atoms with Crippen LogP contribution in [0.4, 0.5) is 5.69 Å². The second kappa shape index (κ2) is 9.25. The Morgan fingerprint density at radius 3 is 2.86 bits per heavy atom. The molecule has 0 aliphatic carbocycles. The van der Waals surface area contributed by atoms with Gasteiger partial charge in [-0.3, -0.25) is 4.79 Å². The summed E-state index contributed by atoms with van der Waals surface area (Å²) in [6, 6.07) is 18.3. The van der Waals surface area contributed by atoms with Crippen molar-refractivity contribution < 1.29 is 4.79 Å². The highest BCUT2D eigenvalue weighted by Gasteiger charge is 2.18. The minimum atomic E-state index is -0.150. The molecule has 0 unspecified atom stereocenters. The monoisotopic (exact) mass is 419 g/mol. The summed E-state index contributed by atoms with van der Waals surface area (Å²) in [5.74, 6) is 2.20. The number of nitrogens with one attached hydrogen (secondary N) is 1. The average molecular weight is 420 g/mol. The molecule has 0 saturated carbocycles. The van der Waals surface area contributed by atoms with Crippen LogP contribution in [-0.2, 0) is 11.3 Å². The lowest BCUT2D eigenvalue weighted by molar-refractivity contribution is -0.111. The van der Waals surface area contributed by atoms with Gasteiger partial charge >= 0.3 is 0 Å². The van der Waals surface area contributed by atoms with E-state index in [1.54, 1.807) is 6.08 Å². The summed E-state index contributed by atoms with van der Waals surface area (Å²) in [5, 5.41) is 12.9. The van der Waals surface area contributed by atoms with Crippen molar-refractivity contribution in [3.8, 4) is 6.07 Å².